The summed E-state index contributed by atoms with van der Waals surface area (Å²) >= 11 is 1.36. The minimum absolute atomic E-state index is 0.00321. The van der Waals surface area contributed by atoms with E-state index < -0.39 is 0 Å². The molecular formula is C15H19NO3S. The Morgan fingerprint density at radius 1 is 1.55 bits per heavy atom. The highest BCUT2D eigenvalue weighted by atomic mass is 32.1. The number of amides is 1. The quantitative estimate of drug-likeness (QED) is 0.824. The van der Waals surface area contributed by atoms with Gasteiger partial charge in [-0.05, 0) is 37.3 Å². The van der Waals surface area contributed by atoms with E-state index >= 15 is 0 Å². The van der Waals surface area contributed by atoms with Crippen molar-refractivity contribution >= 4 is 17.2 Å². The molecule has 1 amide bonds. The van der Waals surface area contributed by atoms with Gasteiger partial charge in [-0.2, -0.15) is 0 Å². The van der Waals surface area contributed by atoms with Gasteiger partial charge in [0.1, 0.15) is 6.61 Å². The molecule has 0 aliphatic heterocycles. The van der Waals surface area contributed by atoms with E-state index in [9.17, 15) is 9.90 Å². The molecule has 1 aromatic heterocycles. The fourth-order valence-electron chi connectivity index (χ4n) is 2.34. The topological polar surface area (TPSA) is 60.8 Å². The van der Waals surface area contributed by atoms with E-state index in [2.05, 4.69) is 11.8 Å². The summed E-state index contributed by atoms with van der Waals surface area (Å²) in [6.07, 6.45) is 1.38. The molecule has 2 N–H and O–H groups in total. The third kappa shape index (κ3) is 3.40. The Balaban J connectivity index is 2.01. The Labute approximate surface area is 123 Å². The molecule has 1 saturated carbocycles. The van der Waals surface area contributed by atoms with E-state index in [-0.39, 0.29) is 18.6 Å². The first-order chi connectivity index (χ1) is 9.51. The third-order valence-corrected chi connectivity index (χ3v) is 4.64. The predicted octanol–water partition coefficient (Wildman–Crippen LogP) is 1.24. The van der Waals surface area contributed by atoms with Gasteiger partial charge in [-0.25, -0.2) is 0 Å². The summed E-state index contributed by atoms with van der Waals surface area (Å²) in [6.45, 7) is 2.42. The molecule has 20 heavy (non-hydrogen) atoms. The zero-order chi connectivity index (χ0) is 14.7. The van der Waals surface area contributed by atoms with Crippen LogP contribution in [-0.4, -0.2) is 47.3 Å². The number of aliphatic hydroxyl groups is 2. The number of hydrogen-bond acceptors (Lipinski definition) is 4. The summed E-state index contributed by atoms with van der Waals surface area (Å²) in [6, 6.07) is 1.85. The molecule has 5 heteroatoms. The van der Waals surface area contributed by atoms with Gasteiger partial charge in [0, 0.05) is 13.6 Å². The third-order valence-electron chi connectivity index (χ3n) is 3.50. The van der Waals surface area contributed by atoms with Crippen molar-refractivity contribution in [1.29, 1.82) is 0 Å². The van der Waals surface area contributed by atoms with E-state index in [0.29, 0.717) is 17.3 Å². The van der Waals surface area contributed by atoms with Gasteiger partial charge in [0.2, 0.25) is 0 Å². The summed E-state index contributed by atoms with van der Waals surface area (Å²) in [5, 5.41) is 18.0. The first kappa shape index (κ1) is 15.0. The lowest BCUT2D eigenvalue weighted by Crippen LogP contribution is -2.39. The Kier molecular flexibility index (Phi) is 4.81. The van der Waals surface area contributed by atoms with Crippen LogP contribution < -0.4 is 0 Å². The SMILES string of the molecule is Cc1cc(C(=O)N(C)CC2CC(O)C2)sc1C#CCO. The molecule has 0 aromatic carbocycles. The van der Waals surface area contributed by atoms with Crippen LogP contribution in [0.2, 0.25) is 0 Å². The smallest absolute Gasteiger partial charge is 0.263 e. The molecule has 1 aliphatic carbocycles. The molecule has 0 bridgehead atoms. The molecule has 1 fully saturated rings. The van der Waals surface area contributed by atoms with E-state index in [0.717, 1.165) is 23.3 Å². The number of aryl methyl sites for hydroxylation is 1. The molecule has 0 radical (unpaired) electrons. The number of carbonyl (C=O) groups excluding carboxylic acids is 1. The van der Waals surface area contributed by atoms with Crippen molar-refractivity contribution in [1.82, 2.24) is 4.90 Å². The van der Waals surface area contributed by atoms with Crippen molar-refractivity contribution < 1.29 is 15.0 Å². The van der Waals surface area contributed by atoms with Gasteiger partial charge in [-0.15, -0.1) is 11.3 Å². The van der Waals surface area contributed by atoms with Crippen LogP contribution >= 0.6 is 11.3 Å². The Hall–Kier alpha value is -1.35. The molecule has 1 aromatic rings. The van der Waals surface area contributed by atoms with Crippen LogP contribution in [0, 0.1) is 24.7 Å². The average molecular weight is 293 g/mol. The minimum Gasteiger partial charge on any atom is -0.393 e. The van der Waals surface area contributed by atoms with E-state index in [1.807, 2.05) is 13.0 Å². The molecule has 1 aliphatic rings. The fourth-order valence-corrected chi connectivity index (χ4v) is 3.38. The van der Waals surface area contributed by atoms with Crippen molar-refractivity contribution in [3.8, 4) is 11.8 Å². The van der Waals surface area contributed by atoms with Crippen LogP contribution in [0.25, 0.3) is 0 Å². The molecule has 4 nitrogen and oxygen atoms in total. The van der Waals surface area contributed by atoms with Crippen LogP contribution in [0.1, 0.15) is 33.0 Å². The normalized spacial score (nSPS) is 20.8. The number of hydrogen-bond donors (Lipinski definition) is 2. The van der Waals surface area contributed by atoms with Crippen molar-refractivity contribution in [3.05, 3.63) is 21.4 Å². The highest BCUT2D eigenvalue weighted by Crippen LogP contribution is 2.28. The maximum absolute atomic E-state index is 12.3. The zero-order valence-electron chi connectivity index (χ0n) is 11.7. The van der Waals surface area contributed by atoms with Gasteiger partial charge in [0.25, 0.3) is 5.91 Å². The van der Waals surface area contributed by atoms with Crippen LogP contribution in [0.3, 0.4) is 0 Å². The molecule has 108 valence electrons. The molecule has 0 saturated heterocycles. The number of rotatable bonds is 3. The Bertz CT molecular complexity index is 549. The van der Waals surface area contributed by atoms with Crippen molar-refractivity contribution in [2.75, 3.05) is 20.2 Å². The minimum atomic E-state index is -0.187. The first-order valence-electron chi connectivity index (χ1n) is 6.65. The number of nitrogens with zero attached hydrogens (tertiary/aromatic N) is 1. The standard InChI is InChI=1S/C15H19NO3S/c1-10-6-14(20-13(10)4-3-5-17)15(19)16(2)9-11-7-12(18)8-11/h6,11-12,17-18H,5,7-9H2,1-2H3. The molecule has 2 rings (SSSR count). The Morgan fingerprint density at radius 2 is 2.25 bits per heavy atom. The molecule has 0 spiro atoms. The second-order valence-electron chi connectivity index (χ2n) is 5.26. The molecular weight excluding hydrogens is 274 g/mol. The Morgan fingerprint density at radius 3 is 2.85 bits per heavy atom. The lowest BCUT2D eigenvalue weighted by atomic mass is 9.82. The van der Waals surface area contributed by atoms with Gasteiger partial charge in [0.15, 0.2) is 0 Å². The number of aliphatic hydroxyl groups excluding tert-OH is 2. The predicted molar refractivity (Wildman–Crippen MR) is 78.7 cm³/mol. The van der Waals surface area contributed by atoms with Crippen LogP contribution in [0.4, 0.5) is 0 Å². The van der Waals surface area contributed by atoms with E-state index in [1.54, 1.807) is 11.9 Å². The first-order valence-corrected chi connectivity index (χ1v) is 7.46. The van der Waals surface area contributed by atoms with Crippen molar-refractivity contribution in [3.63, 3.8) is 0 Å². The van der Waals surface area contributed by atoms with Crippen LogP contribution in [0.15, 0.2) is 6.07 Å². The van der Waals surface area contributed by atoms with Gasteiger partial charge < -0.3 is 15.1 Å². The van der Waals surface area contributed by atoms with E-state index in [1.165, 1.54) is 11.3 Å². The molecule has 0 unspecified atom stereocenters. The van der Waals surface area contributed by atoms with Gasteiger partial charge in [0.05, 0.1) is 15.9 Å². The molecule has 0 atom stereocenters. The summed E-state index contributed by atoms with van der Waals surface area (Å²) in [5.41, 5.74) is 0.965. The van der Waals surface area contributed by atoms with Gasteiger partial charge in [-0.1, -0.05) is 11.8 Å². The highest BCUT2D eigenvalue weighted by Gasteiger charge is 2.29. The number of carbonyl (C=O) groups is 1. The summed E-state index contributed by atoms with van der Waals surface area (Å²) < 4.78 is 0. The highest BCUT2D eigenvalue weighted by molar-refractivity contribution is 7.14. The maximum Gasteiger partial charge on any atom is 0.263 e. The van der Waals surface area contributed by atoms with Gasteiger partial charge in [-0.3, -0.25) is 4.79 Å². The fraction of sp³-hybridized carbons (Fsp3) is 0.533. The van der Waals surface area contributed by atoms with Crippen molar-refractivity contribution in [2.24, 2.45) is 5.92 Å². The maximum atomic E-state index is 12.3. The zero-order valence-corrected chi connectivity index (χ0v) is 12.5. The lowest BCUT2D eigenvalue weighted by Gasteiger charge is -2.34. The van der Waals surface area contributed by atoms with Gasteiger partial charge >= 0.3 is 0 Å². The monoisotopic (exact) mass is 293 g/mol. The lowest BCUT2D eigenvalue weighted by molar-refractivity contribution is 0.0266. The van der Waals surface area contributed by atoms with E-state index in [4.69, 9.17) is 5.11 Å². The average Bonchev–Trinajstić information content (AvgIpc) is 2.75. The second kappa shape index (κ2) is 6.40. The molecule has 1 heterocycles. The summed E-state index contributed by atoms with van der Waals surface area (Å²) in [4.78, 5) is 15.5. The van der Waals surface area contributed by atoms with Crippen LogP contribution in [0.5, 0.6) is 0 Å². The largest absolute Gasteiger partial charge is 0.393 e. The number of thiophene rings is 1. The summed E-state index contributed by atoms with van der Waals surface area (Å²) in [7, 11) is 1.79. The van der Waals surface area contributed by atoms with Crippen molar-refractivity contribution in [2.45, 2.75) is 25.9 Å². The second-order valence-corrected chi connectivity index (χ2v) is 6.31. The van der Waals surface area contributed by atoms with Crippen LogP contribution in [-0.2, 0) is 0 Å². The summed E-state index contributed by atoms with van der Waals surface area (Å²) in [5.74, 6) is 5.87.